The maximum atomic E-state index is 13.4. The SMILES string of the molecule is O=C1COc2ccc(C(=O)C3CCN(Cc4coc(-c5cccc(F)c5)n4)CC3)cc2N1. The van der Waals surface area contributed by atoms with Crippen LogP contribution in [-0.2, 0) is 11.3 Å². The van der Waals surface area contributed by atoms with Gasteiger partial charge in [-0.25, -0.2) is 9.37 Å². The zero-order valence-electron chi connectivity index (χ0n) is 17.3. The summed E-state index contributed by atoms with van der Waals surface area (Å²) in [6, 6.07) is 11.3. The molecule has 3 aromatic rings. The number of carbonyl (C=O) groups excluding carboxylic acids is 2. The van der Waals surface area contributed by atoms with Crippen molar-refractivity contribution in [3.05, 3.63) is 65.8 Å². The van der Waals surface area contributed by atoms with E-state index in [1.54, 1.807) is 36.6 Å². The van der Waals surface area contributed by atoms with Crippen LogP contribution in [0.1, 0.15) is 28.9 Å². The maximum Gasteiger partial charge on any atom is 0.262 e. The van der Waals surface area contributed by atoms with E-state index < -0.39 is 0 Å². The molecule has 164 valence electrons. The van der Waals surface area contributed by atoms with Gasteiger partial charge in [0.2, 0.25) is 5.89 Å². The lowest BCUT2D eigenvalue weighted by Crippen LogP contribution is -2.36. The lowest BCUT2D eigenvalue weighted by molar-refractivity contribution is -0.118. The van der Waals surface area contributed by atoms with Crippen molar-refractivity contribution in [3.63, 3.8) is 0 Å². The minimum atomic E-state index is -0.331. The molecular formula is C24H22FN3O4. The van der Waals surface area contributed by atoms with Crippen molar-refractivity contribution in [3.8, 4) is 17.2 Å². The highest BCUT2D eigenvalue weighted by Crippen LogP contribution is 2.31. The van der Waals surface area contributed by atoms with E-state index in [4.69, 9.17) is 9.15 Å². The number of hydrogen-bond acceptors (Lipinski definition) is 6. The molecule has 1 aromatic heterocycles. The number of aromatic nitrogens is 1. The second-order valence-corrected chi connectivity index (χ2v) is 8.12. The van der Waals surface area contributed by atoms with Gasteiger partial charge in [0.05, 0.1) is 11.4 Å². The second kappa shape index (κ2) is 8.55. The standard InChI is InChI=1S/C24H22FN3O4/c25-18-3-1-2-17(10-18)24-26-19(13-32-24)12-28-8-6-15(7-9-28)23(30)16-4-5-21-20(11-16)27-22(29)14-31-21/h1-5,10-11,13,15H,6-9,12,14H2,(H,27,29). The van der Waals surface area contributed by atoms with Crippen molar-refractivity contribution in [2.24, 2.45) is 5.92 Å². The number of nitrogens with zero attached hydrogens (tertiary/aromatic N) is 2. The Kier molecular flexibility index (Phi) is 5.45. The number of nitrogens with one attached hydrogen (secondary N) is 1. The van der Waals surface area contributed by atoms with Crippen molar-refractivity contribution in [2.75, 3.05) is 25.0 Å². The van der Waals surface area contributed by atoms with Crippen LogP contribution < -0.4 is 10.1 Å². The van der Waals surface area contributed by atoms with Gasteiger partial charge in [0, 0.05) is 23.6 Å². The summed E-state index contributed by atoms with van der Waals surface area (Å²) < 4.78 is 24.3. The fourth-order valence-corrected chi connectivity index (χ4v) is 4.19. The lowest BCUT2D eigenvalue weighted by Gasteiger charge is -2.30. The molecule has 0 unspecified atom stereocenters. The molecule has 0 aliphatic carbocycles. The topological polar surface area (TPSA) is 84.7 Å². The summed E-state index contributed by atoms with van der Waals surface area (Å²) in [5.41, 5.74) is 2.51. The number of rotatable bonds is 5. The van der Waals surface area contributed by atoms with Gasteiger partial charge in [-0.3, -0.25) is 14.5 Å². The molecule has 5 rings (SSSR count). The van der Waals surface area contributed by atoms with Crippen LogP contribution in [0.3, 0.4) is 0 Å². The van der Waals surface area contributed by atoms with Crippen LogP contribution in [0.4, 0.5) is 10.1 Å². The van der Waals surface area contributed by atoms with Crippen molar-refractivity contribution in [1.82, 2.24) is 9.88 Å². The number of piperidine rings is 1. The van der Waals surface area contributed by atoms with Crippen LogP contribution in [0.15, 0.2) is 53.1 Å². The summed E-state index contributed by atoms with van der Waals surface area (Å²) in [7, 11) is 0. The second-order valence-electron chi connectivity index (χ2n) is 8.12. The van der Waals surface area contributed by atoms with Crippen LogP contribution in [-0.4, -0.2) is 41.3 Å². The summed E-state index contributed by atoms with van der Waals surface area (Å²) in [5, 5.41) is 2.75. The molecule has 3 heterocycles. The quantitative estimate of drug-likeness (QED) is 0.612. The minimum Gasteiger partial charge on any atom is -0.482 e. The number of carbonyl (C=O) groups is 2. The van der Waals surface area contributed by atoms with Gasteiger partial charge in [-0.1, -0.05) is 6.07 Å². The van der Waals surface area contributed by atoms with Crippen molar-refractivity contribution < 1.29 is 23.1 Å². The third kappa shape index (κ3) is 4.27. The molecule has 0 radical (unpaired) electrons. The number of anilines is 1. The fourth-order valence-electron chi connectivity index (χ4n) is 4.19. The van der Waals surface area contributed by atoms with Gasteiger partial charge >= 0.3 is 0 Å². The highest BCUT2D eigenvalue weighted by Gasteiger charge is 2.27. The molecule has 0 atom stereocenters. The normalized spacial score (nSPS) is 16.8. The molecule has 2 aliphatic heterocycles. The summed E-state index contributed by atoms with van der Waals surface area (Å²) in [6.45, 7) is 2.14. The Hall–Kier alpha value is -3.52. The summed E-state index contributed by atoms with van der Waals surface area (Å²) in [5.74, 6) is 0.452. The Morgan fingerprint density at radius 3 is 2.84 bits per heavy atom. The Morgan fingerprint density at radius 1 is 1.19 bits per heavy atom. The maximum absolute atomic E-state index is 13.4. The number of benzene rings is 2. The zero-order chi connectivity index (χ0) is 22.1. The number of fused-ring (bicyclic) bond motifs is 1. The van der Waals surface area contributed by atoms with Crippen molar-refractivity contribution >= 4 is 17.4 Å². The van der Waals surface area contributed by atoms with Gasteiger partial charge in [0.25, 0.3) is 5.91 Å². The first-order chi connectivity index (χ1) is 15.5. The first-order valence-corrected chi connectivity index (χ1v) is 10.6. The molecule has 0 bridgehead atoms. The number of hydrogen-bond donors (Lipinski definition) is 1. The van der Waals surface area contributed by atoms with E-state index in [-0.39, 0.29) is 30.0 Å². The van der Waals surface area contributed by atoms with Crippen molar-refractivity contribution in [1.29, 1.82) is 0 Å². The molecule has 32 heavy (non-hydrogen) atoms. The van der Waals surface area contributed by atoms with Crippen LogP contribution in [0, 0.1) is 11.7 Å². The van der Waals surface area contributed by atoms with Crippen LogP contribution in [0.25, 0.3) is 11.5 Å². The smallest absolute Gasteiger partial charge is 0.262 e. The number of halogens is 1. The average Bonchev–Trinajstić information content (AvgIpc) is 3.27. The highest BCUT2D eigenvalue weighted by molar-refractivity contribution is 6.01. The average molecular weight is 435 g/mol. The van der Waals surface area contributed by atoms with Crippen LogP contribution in [0.2, 0.25) is 0 Å². The van der Waals surface area contributed by atoms with Gasteiger partial charge in [-0.05, 0) is 62.3 Å². The third-order valence-electron chi connectivity index (χ3n) is 5.86. The van der Waals surface area contributed by atoms with Gasteiger partial charge < -0.3 is 14.5 Å². The van der Waals surface area contributed by atoms with E-state index in [2.05, 4.69) is 15.2 Å². The largest absolute Gasteiger partial charge is 0.482 e. The van der Waals surface area contributed by atoms with Crippen LogP contribution in [0.5, 0.6) is 5.75 Å². The van der Waals surface area contributed by atoms with Gasteiger partial charge in [-0.15, -0.1) is 0 Å². The van der Waals surface area contributed by atoms with E-state index in [1.165, 1.54) is 12.1 Å². The van der Waals surface area contributed by atoms with E-state index in [0.29, 0.717) is 35.0 Å². The molecule has 0 saturated carbocycles. The Bertz CT molecular complexity index is 1170. The predicted molar refractivity (Wildman–Crippen MR) is 115 cm³/mol. The third-order valence-corrected chi connectivity index (χ3v) is 5.86. The summed E-state index contributed by atoms with van der Waals surface area (Å²) >= 11 is 0. The minimum absolute atomic E-state index is 0.00595. The van der Waals surface area contributed by atoms with Gasteiger partial charge in [0.1, 0.15) is 17.8 Å². The Labute approximate surface area is 184 Å². The molecule has 2 aromatic carbocycles. The van der Waals surface area contributed by atoms with Gasteiger partial charge in [0.15, 0.2) is 12.4 Å². The molecule has 1 fully saturated rings. The Morgan fingerprint density at radius 2 is 2.03 bits per heavy atom. The lowest BCUT2D eigenvalue weighted by atomic mass is 9.88. The van der Waals surface area contributed by atoms with Crippen molar-refractivity contribution in [2.45, 2.75) is 19.4 Å². The van der Waals surface area contributed by atoms with Crippen LogP contribution >= 0.6 is 0 Å². The number of amides is 1. The molecule has 2 aliphatic rings. The molecule has 1 amide bonds. The molecule has 1 N–H and O–H groups in total. The molecule has 8 heteroatoms. The summed E-state index contributed by atoms with van der Waals surface area (Å²) in [6.07, 6.45) is 3.09. The van der Waals surface area contributed by atoms with E-state index >= 15 is 0 Å². The highest BCUT2D eigenvalue weighted by atomic mass is 19.1. The van der Waals surface area contributed by atoms with E-state index in [9.17, 15) is 14.0 Å². The van der Waals surface area contributed by atoms with E-state index in [0.717, 1.165) is 31.6 Å². The molecule has 7 nitrogen and oxygen atoms in total. The number of Topliss-reactive ketones (excluding diaryl/α,β-unsaturated/α-hetero) is 1. The number of ether oxygens (including phenoxy) is 1. The predicted octanol–water partition coefficient (Wildman–Crippen LogP) is 3.91. The summed E-state index contributed by atoms with van der Waals surface area (Å²) in [4.78, 5) is 31.2. The number of ketones is 1. The van der Waals surface area contributed by atoms with E-state index in [1.807, 2.05) is 0 Å². The zero-order valence-corrected chi connectivity index (χ0v) is 17.3. The fraction of sp³-hybridized carbons (Fsp3) is 0.292. The first-order valence-electron chi connectivity index (χ1n) is 10.6. The number of likely N-dealkylation sites (tertiary alicyclic amines) is 1. The number of oxazole rings is 1. The molecule has 0 spiro atoms. The first kappa shape index (κ1) is 20.4. The molecule has 1 saturated heterocycles. The monoisotopic (exact) mass is 435 g/mol. The van der Waals surface area contributed by atoms with Gasteiger partial charge in [-0.2, -0.15) is 0 Å². The molecular weight excluding hydrogens is 413 g/mol. The Balaban J connectivity index is 1.18.